The van der Waals surface area contributed by atoms with Gasteiger partial charge in [-0.25, -0.2) is 9.98 Å². The van der Waals surface area contributed by atoms with Crippen molar-refractivity contribution in [2.75, 3.05) is 6.61 Å². The van der Waals surface area contributed by atoms with Crippen LogP contribution >= 0.6 is 0 Å². The molecule has 4 heteroatoms. The summed E-state index contributed by atoms with van der Waals surface area (Å²) >= 11 is 0. The summed E-state index contributed by atoms with van der Waals surface area (Å²) in [6.07, 6.45) is 40.2. The molecule has 3 aromatic rings. The lowest BCUT2D eigenvalue weighted by molar-refractivity contribution is 0.304. The first-order valence-electron chi connectivity index (χ1n) is 21.7. The molecular formula is C52H61N3O. The van der Waals surface area contributed by atoms with Gasteiger partial charge in [-0.1, -0.05) is 157 Å². The monoisotopic (exact) mass is 743 g/mol. The minimum atomic E-state index is 0.766. The third kappa shape index (κ3) is 10.9. The summed E-state index contributed by atoms with van der Waals surface area (Å²) in [6, 6.07) is 21.7. The smallest absolute Gasteiger partial charge is 0.119 e. The largest absolute Gasteiger partial charge is 0.494 e. The number of aliphatic imine (C=N–C) groups is 2. The van der Waals surface area contributed by atoms with Gasteiger partial charge in [0.2, 0.25) is 0 Å². The molecule has 1 aliphatic carbocycles. The van der Waals surface area contributed by atoms with E-state index in [0.29, 0.717) is 0 Å². The number of fused-ring (bicyclic) bond motifs is 6. The zero-order chi connectivity index (χ0) is 38.4. The Balaban J connectivity index is 0.942. The molecule has 1 N–H and O–H groups in total. The van der Waals surface area contributed by atoms with E-state index in [0.717, 1.165) is 70.5 Å². The van der Waals surface area contributed by atoms with Crippen LogP contribution in [0.2, 0.25) is 0 Å². The van der Waals surface area contributed by atoms with Crippen LogP contribution in [0, 0.1) is 6.92 Å². The molecule has 0 atom stereocenters. The predicted molar refractivity (Wildman–Crippen MR) is 239 cm³/mol. The zero-order valence-electron chi connectivity index (χ0n) is 33.9. The number of hydrogen-bond donors (Lipinski definition) is 1. The number of benzene rings is 2. The maximum Gasteiger partial charge on any atom is 0.119 e. The molecule has 0 saturated heterocycles. The van der Waals surface area contributed by atoms with Crippen molar-refractivity contribution < 1.29 is 4.74 Å². The summed E-state index contributed by atoms with van der Waals surface area (Å²) < 4.78 is 6.20. The molecule has 0 fully saturated rings. The molecule has 8 bridgehead atoms. The lowest BCUT2D eigenvalue weighted by Gasteiger charge is -2.11. The van der Waals surface area contributed by atoms with Gasteiger partial charge in [-0.2, -0.15) is 0 Å². The Morgan fingerprint density at radius 2 is 1.21 bits per heavy atom. The molecule has 0 unspecified atom stereocenters. The van der Waals surface area contributed by atoms with Gasteiger partial charge in [-0.15, -0.1) is 0 Å². The minimum absolute atomic E-state index is 0.766. The number of aromatic nitrogens is 1. The van der Waals surface area contributed by atoms with E-state index < -0.39 is 0 Å². The van der Waals surface area contributed by atoms with Gasteiger partial charge in [-0.05, 0) is 103 Å². The lowest BCUT2D eigenvalue weighted by atomic mass is 9.94. The first-order chi connectivity index (χ1) is 27.6. The molecule has 4 nitrogen and oxygen atoms in total. The summed E-state index contributed by atoms with van der Waals surface area (Å²) in [4.78, 5) is 13.9. The number of aromatic amines is 1. The van der Waals surface area contributed by atoms with Crippen molar-refractivity contribution in [2.24, 2.45) is 9.98 Å². The molecule has 4 aliphatic rings. The topological polar surface area (TPSA) is 49.7 Å². The summed E-state index contributed by atoms with van der Waals surface area (Å²) in [5.41, 5.74) is 14.2. The fourth-order valence-corrected chi connectivity index (χ4v) is 8.22. The normalized spacial score (nSPS) is 15.8. The molecule has 2 aromatic carbocycles. The highest BCUT2D eigenvalue weighted by Gasteiger charge is 2.21. The van der Waals surface area contributed by atoms with Crippen molar-refractivity contribution in [2.45, 2.75) is 123 Å². The minimum Gasteiger partial charge on any atom is -0.494 e. The van der Waals surface area contributed by atoms with Gasteiger partial charge in [0, 0.05) is 22.5 Å². The van der Waals surface area contributed by atoms with E-state index >= 15 is 0 Å². The molecule has 0 amide bonds. The third-order valence-electron chi connectivity index (χ3n) is 11.4. The number of allylic oxidation sites excluding steroid dienone is 10. The number of ether oxygens (including phenoxy) is 1. The van der Waals surface area contributed by atoms with E-state index in [1.807, 2.05) is 0 Å². The summed E-state index contributed by atoms with van der Waals surface area (Å²) in [6.45, 7) is 5.19. The maximum absolute atomic E-state index is 6.20. The predicted octanol–water partition coefficient (Wildman–Crippen LogP) is 14.4. The first-order valence-corrected chi connectivity index (χ1v) is 21.7. The Hall–Kier alpha value is -4.96. The van der Waals surface area contributed by atoms with Gasteiger partial charge in [0.05, 0.1) is 29.4 Å². The third-order valence-corrected chi connectivity index (χ3v) is 11.4. The van der Waals surface area contributed by atoms with Crippen LogP contribution in [-0.2, 0) is 0 Å². The Morgan fingerprint density at radius 3 is 1.91 bits per heavy atom. The van der Waals surface area contributed by atoms with E-state index in [9.17, 15) is 0 Å². The van der Waals surface area contributed by atoms with E-state index in [2.05, 4.69) is 128 Å². The van der Waals surface area contributed by atoms with Crippen LogP contribution in [-0.4, -0.2) is 23.0 Å². The van der Waals surface area contributed by atoms with Crippen molar-refractivity contribution in [3.8, 4) is 5.75 Å². The molecule has 0 radical (unpaired) electrons. The second-order valence-electron chi connectivity index (χ2n) is 16.0. The fourth-order valence-electron chi connectivity index (χ4n) is 8.22. The molecular weight excluding hydrogens is 683 g/mol. The van der Waals surface area contributed by atoms with Crippen molar-refractivity contribution in [1.82, 2.24) is 4.98 Å². The highest BCUT2D eigenvalue weighted by atomic mass is 16.5. The molecule has 7 rings (SSSR count). The Kier molecular flexibility index (Phi) is 14.2. The van der Waals surface area contributed by atoms with Crippen molar-refractivity contribution in [1.29, 1.82) is 0 Å². The first kappa shape index (κ1) is 39.3. The maximum atomic E-state index is 6.20. The van der Waals surface area contributed by atoms with Gasteiger partial charge in [0.25, 0.3) is 0 Å². The van der Waals surface area contributed by atoms with Gasteiger partial charge in [-0.3, -0.25) is 0 Å². The number of hydrogen-bond acceptors (Lipinski definition) is 3. The summed E-state index contributed by atoms with van der Waals surface area (Å²) in [7, 11) is 0. The van der Waals surface area contributed by atoms with Crippen LogP contribution in [0.5, 0.6) is 5.75 Å². The number of nitrogens with one attached hydrogen (secondary N) is 1. The molecule has 0 spiro atoms. The molecule has 290 valence electrons. The van der Waals surface area contributed by atoms with Gasteiger partial charge in [0.1, 0.15) is 5.75 Å². The summed E-state index contributed by atoms with van der Waals surface area (Å²) in [5.74, 6) is 0.921. The zero-order valence-corrected chi connectivity index (χ0v) is 33.9. The van der Waals surface area contributed by atoms with Crippen LogP contribution in [0.4, 0.5) is 0 Å². The SMILES string of the molecule is CCCCCCCCCCCCCCCCCCOc1ccc(C2=C3C=CC(=N3)C=C3C=CC(=N3)C(c3ccc(C)cc3)=C3C=CC(=Cc4ccc2[nH]4)C3)cc1. The van der Waals surface area contributed by atoms with Crippen LogP contribution in [0.1, 0.15) is 144 Å². The number of rotatable bonds is 20. The van der Waals surface area contributed by atoms with Gasteiger partial charge < -0.3 is 9.72 Å². The molecule has 1 aromatic heterocycles. The van der Waals surface area contributed by atoms with Crippen LogP contribution in [0.25, 0.3) is 17.2 Å². The second-order valence-corrected chi connectivity index (χ2v) is 16.0. The van der Waals surface area contributed by atoms with Crippen LogP contribution < -0.4 is 4.74 Å². The highest BCUT2D eigenvalue weighted by molar-refractivity contribution is 6.32. The van der Waals surface area contributed by atoms with E-state index in [4.69, 9.17) is 14.7 Å². The quantitative estimate of drug-likeness (QED) is 0.115. The Labute approximate surface area is 336 Å². The van der Waals surface area contributed by atoms with Gasteiger partial charge >= 0.3 is 0 Å². The average Bonchev–Trinajstić information content (AvgIpc) is 4.05. The van der Waals surface area contributed by atoms with E-state index in [1.165, 1.54) is 124 Å². The number of nitrogens with zero attached hydrogens (tertiary/aromatic N) is 2. The van der Waals surface area contributed by atoms with Gasteiger partial charge in [0.15, 0.2) is 0 Å². The van der Waals surface area contributed by atoms with Crippen molar-refractivity contribution >= 4 is 28.6 Å². The van der Waals surface area contributed by atoms with Crippen LogP contribution in [0.15, 0.2) is 136 Å². The van der Waals surface area contributed by atoms with Crippen LogP contribution in [0.3, 0.4) is 0 Å². The lowest BCUT2D eigenvalue weighted by Crippen LogP contribution is -2.00. The number of unbranched alkanes of at least 4 members (excludes halogenated alkanes) is 15. The molecule has 3 aliphatic heterocycles. The second kappa shape index (κ2) is 20.3. The molecule has 56 heavy (non-hydrogen) atoms. The van der Waals surface area contributed by atoms with Crippen molar-refractivity contribution in [3.05, 3.63) is 154 Å². The Morgan fingerprint density at radius 1 is 0.571 bits per heavy atom. The molecule has 4 heterocycles. The highest BCUT2D eigenvalue weighted by Crippen LogP contribution is 2.36. The average molecular weight is 744 g/mol. The molecule has 0 saturated carbocycles. The van der Waals surface area contributed by atoms with E-state index in [-0.39, 0.29) is 0 Å². The van der Waals surface area contributed by atoms with Crippen molar-refractivity contribution in [3.63, 3.8) is 0 Å². The fraction of sp³-hybridized carbons (Fsp3) is 0.385. The van der Waals surface area contributed by atoms with E-state index in [1.54, 1.807) is 0 Å². The number of H-pyrrole nitrogens is 1. The summed E-state index contributed by atoms with van der Waals surface area (Å²) in [5, 5.41) is 0. The Bertz CT molecular complexity index is 2070. The number of aryl methyl sites for hydroxylation is 1. The standard InChI is InChI=1S/C52H61N3O/c1-3-4-5-6-7-8-9-10-11-12-13-14-15-16-17-18-35-56-47-30-25-42(26-31-47)52-49-33-27-44(53-49)37-40-21-24-43(36-40)51(41-22-19-39(2)20-23-41)48-32-28-45(54-48)38-46-29-34-50(52)55-46/h19-34,37-38,53H,3-18,35-36H2,1-2H3.